The average Bonchev–Trinajstić information content (AvgIpc) is 2.79. The lowest BCUT2D eigenvalue weighted by Crippen LogP contribution is -2.39. The lowest BCUT2D eigenvalue weighted by atomic mass is 9.86. The molecule has 94 valence electrons. The minimum atomic E-state index is 0.392. The van der Waals surface area contributed by atoms with Crippen molar-refractivity contribution >= 4 is 0 Å². The van der Waals surface area contributed by atoms with E-state index in [-0.39, 0.29) is 0 Å². The minimum Gasteiger partial charge on any atom is -0.330 e. The highest BCUT2D eigenvalue weighted by molar-refractivity contribution is 5.14. The summed E-state index contributed by atoms with van der Waals surface area (Å²) in [5, 5.41) is 0. The lowest BCUT2D eigenvalue weighted by Gasteiger charge is -2.32. The summed E-state index contributed by atoms with van der Waals surface area (Å²) in [4.78, 5) is 2.42. The van der Waals surface area contributed by atoms with Gasteiger partial charge in [-0.05, 0) is 37.4 Å². The third kappa shape index (κ3) is 3.30. The Labute approximate surface area is 105 Å². The third-order valence-electron chi connectivity index (χ3n) is 4.00. The zero-order valence-corrected chi connectivity index (χ0v) is 10.9. The number of hydrogen-bond donors (Lipinski definition) is 1. The number of benzene rings is 1. The van der Waals surface area contributed by atoms with Crippen molar-refractivity contribution in [2.75, 3.05) is 20.1 Å². The smallest absolute Gasteiger partial charge is 0.0230 e. The highest BCUT2D eigenvalue weighted by Crippen LogP contribution is 2.37. The van der Waals surface area contributed by atoms with Gasteiger partial charge in [0.2, 0.25) is 0 Å². The zero-order valence-electron chi connectivity index (χ0n) is 10.9. The van der Waals surface area contributed by atoms with Crippen LogP contribution in [-0.4, -0.2) is 25.0 Å². The molecule has 0 bridgehead atoms. The highest BCUT2D eigenvalue weighted by atomic mass is 15.1. The monoisotopic (exact) mass is 232 g/mol. The summed E-state index contributed by atoms with van der Waals surface area (Å²) in [5.41, 5.74) is 7.77. The molecule has 1 fully saturated rings. The van der Waals surface area contributed by atoms with Crippen LogP contribution in [0.2, 0.25) is 0 Å². The van der Waals surface area contributed by atoms with Crippen LogP contribution < -0.4 is 5.73 Å². The minimum absolute atomic E-state index is 0.392. The molecule has 2 N–H and O–H groups in total. The Morgan fingerprint density at radius 2 is 1.82 bits per heavy atom. The second kappa shape index (κ2) is 5.65. The molecular formula is C15H24N2. The molecule has 2 rings (SSSR count). The van der Waals surface area contributed by atoms with E-state index in [1.165, 1.54) is 31.2 Å². The molecular weight excluding hydrogens is 208 g/mol. The SMILES string of the molecule is CN(Cc1ccccc1)CC1(CN)CCCC1. The van der Waals surface area contributed by atoms with E-state index in [0.29, 0.717) is 5.41 Å². The number of hydrogen-bond acceptors (Lipinski definition) is 2. The molecule has 1 aromatic carbocycles. The Balaban J connectivity index is 1.90. The van der Waals surface area contributed by atoms with Crippen LogP contribution in [0.15, 0.2) is 30.3 Å². The van der Waals surface area contributed by atoms with Gasteiger partial charge in [0.05, 0.1) is 0 Å². The zero-order chi connectivity index (χ0) is 12.1. The Kier molecular flexibility index (Phi) is 4.19. The quantitative estimate of drug-likeness (QED) is 0.845. The van der Waals surface area contributed by atoms with Gasteiger partial charge in [-0.15, -0.1) is 0 Å². The normalized spacial score (nSPS) is 18.8. The first-order valence-corrected chi connectivity index (χ1v) is 6.67. The van der Waals surface area contributed by atoms with Gasteiger partial charge in [0, 0.05) is 13.1 Å². The number of nitrogens with two attached hydrogens (primary N) is 1. The summed E-state index contributed by atoms with van der Waals surface area (Å²) in [5.74, 6) is 0. The van der Waals surface area contributed by atoms with Crippen LogP contribution in [0, 0.1) is 5.41 Å². The molecule has 0 unspecified atom stereocenters. The molecule has 2 heteroatoms. The largest absolute Gasteiger partial charge is 0.330 e. The van der Waals surface area contributed by atoms with Gasteiger partial charge < -0.3 is 10.6 Å². The topological polar surface area (TPSA) is 29.3 Å². The highest BCUT2D eigenvalue weighted by Gasteiger charge is 2.33. The standard InChI is InChI=1S/C15H24N2/c1-17(11-14-7-3-2-4-8-14)13-15(12-16)9-5-6-10-15/h2-4,7-8H,5-6,9-13,16H2,1H3. The summed E-state index contributed by atoms with van der Waals surface area (Å²) in [6.45, 7) is 3.01. The second-order valence-corrected chi connectivity index (χ2v) is 5.57. The molecule has 0 atom stereocenters. The van der Waals surface area contributed by atoms with Crippen LogP contribution in [0.4, 0.5) is 0 Å². The Morgan fingerprint density at radius 3 is 2.41 bits per heavy atom. The molecule has 0 saturated heterocycles. The fourth-order valence-corrected chi connectivity index (χ4v) is 3.08. The van der Waals surface area contributed by atoms with Crippen molar-refractivity contribution < 1.29 is 0 Å². The summed E-state index contributed by atoms with van der Waals surface area (Å²) in [6, 6.07) is 10.7. The van der Waals surface area contributed by atoms with Crippen LogP contribution in [-0.2, 0) is 6.54 Å². The van der Waals surface area contributed by atoms with Crippen molar-refractivity contribution in [3.8, 4) is 0 Å². The van der Waals surface area contributed by atoms with Crippen LogP contribution in [0.5, 0.6) is 0 Å². The molecule has 0 heterocycles. The Hall–Kier alpha value is -0.860. The molecule has 1 aliphatic carbocycles. The molecule has 0 aliphatic heterocycles. The number of nitrogens with zero attached hydrogens (tertiary/aromatic N) is 1. The van der Waals surface area contributed by atoms with Crippen LogP contribution in [0.1, 0.15) is 31.2 Å². The molecule has 1 saturated carbocycles. The third-order valence-corrected chi connectivity index (χ3v) is 4.00. The molecule has 1 aromatic rings. The molecule has 17 heavy (non-hydrogen) atoms. The van der Waals surface area contributed by atoms with E-state index in [0.717, 1.165) is 19.6 Å². The van der Waals surface area contributed by atoms with Gasteiger partial charge in [-0.3, -0.25) is 0 Å². The van der Waals surface area contributed by atoms with Gasteiger partial charge in [0.1, 0.15) is 0 Å². The summed E-state index contributed by atoms with van der Waals surface area (Å²) < 4.78 is 0. The van der Waals surface area contributed by atoms with E-state index in [1.54, 1.807) is 0 Å². The maximum absolute atomic E-state index is 5.98. The molecule has 1 aliphatic rings. The Morgan fingerprint density at radius 1 is 1.18 bits per heavy atom. The molecule has 0 spiro atoms. The van der Waals surface area contributed by atoms with Gasteiger partial charge in [0.15, 0.2) is 0 Å². The fourth-order valence-electron chi connectivity index (χ4n) is 3.08. The average molecular weight is 232 g/mol. The molecule has 0 aromatic heterocycles. The van der Waals surface area contributed by atoms with Crippen LogP contribution in [0.25, 0.3) is 0 Å². The first-order chi connectivity index (χ1) is 8.24. The van der Waals surface area contributed by atoms with Gasteiger partial charge in [-0.2, -0.15) is 0 Å². The van der Waals surface area contributed by atoms with E-state index in [4.69, 9.17) is 5.73 Å². The first kappa shape index (κ1) is 12.6. The van der Waals surface area contributed by atoms with Crippen molar-refractivity contribution in [2.45, 2.75) is 32.2 Å². The first-order valence-electron chi connectivity index (χ1n) is 6.67. The van der Waals surface area contributed by atoms with Crippen molar-refractivity contribution in [3.05, 3.63) is 35.9 Å². The molecule has 2 nitrogen and oxygen atoms in total. The summed E-state index contributed by atoms with van der Waals surface area (Å²) in [6.07, 6.45) is 5.33. The van der Waals surface area contributed by atoms with Gasteiger partial charge in [-0.1, -0.05) is 43.2 Å². The number of rotatable bonds is 5. The van der Waals surface area contributed by atoms with E-state index in [2.05, 4.69) is 42.3 Å². The van der Waals surface area contributed by atoms with E-state index >= 15 is 0 Å². The van der Waals surface area contributed by atoms with Crippen LogP contribution >= 0.6 is 0 Å². The van der Waals surface area contributed by atoms with Crippen molar-refractivity contribution in [2.24, 2.45) is 11.1 Å². The maximum Gasteiger partial charge on any atom is 0.0230 e. The second-order valence-electron chi connectivity index (χ2n) is 5.57. The predicted molar refractivity (Wildman–Crippen MR) is 72.7 cm³/mol. The van der Waals surface area contributed by atoms with E-state index < -0.39 is 0 Å². The summed E-state index contributed by atoms with van der Waals surface area (Å²) >= 11 is 0. The summed E-state index contributed by atoms with van der Waals surface area (Å²) in [7, 11) is 2.21. The van der Waals surface area contributed by atoms with E-state index in [9.17, 15) is 0 Å². The van der Waals surface area contributed by atoms with Crippen molar-refractivity contribution in [1.29, 1.82) is 0 Å². The van der Waals surface area contributed by atoms with Gasteiger partial charge >= 0.3 is 0 Å². The molecule has 0 amide bonds. The van der Waals surface area contributed by atoms with Gasteiger partial charge in [-0.25, -0.2) is 0 Å². The van der Waals surface area contributed by atoms with Crippen LogP contribution in [0.3, 0.4) is 0 Å². The lowest BCUT2D eigenvalue weighted by molar-refractivity contribution is 0.179. The Bertz CT molecular complexity index is 328. The van der Waals surface area contributed by atoms with Crippen molar-refractivity contribution in [1.82, 2.24) is 4.90 Å². The van der Waals surface area contributed by atoms with E-state index in [1.807, 2.05) is 0 Å². The van der Waals surface area contributed by atoms with Gasteiger partial charge in [0.25, 0.3) is 0 Å². The molecule has 0 radical (unpaired) electrons. The van der Waals surface area contributed by atoms with Crippen molar-refractivity contribution in [3.63, 3.8) is 0 Å². The fraction of sp³-hybridized carbons (Fsp3) is 0.600. The predicted octanol–water partition coefficient (Wildman–Crippen LogP) is 2.64. The maximum atomic E-state index is 5.98.